The number of rotatable bonds is 0. The van der Waals surface area contributed by atoms with Crippen molar-refractivity contribution in [2.24, 2.45) is 0 Å². The van der Waals surface area contributed by atoms with Gasteiger partial charge < -0.3 is 10.6 Å². The van der Waals surface area contributed by atoms with E-state index < -0.39 is 0 Å². The Morgan fingerprint density at radius 3 is 2.94 bits per heavy atom. The minimum atomic E-state index is -0.00248. The van der Waals surface area contributed by atoms with Crippen LogP contribution in [0.3, 0.4) is 0 Å². The lowest BCUT2D eigenvalue weighted by molar-refractivity contribution is 0.0962. The van der Waals surface area contributed by atoms with E-state index in [9.17, 15) is 4.79 Å². The van der Waals surface area contributed by atoms with E-state index in [1.165, 1.54) is 11.3 Å². The Bertz CT molecular complexity index is 579. The average Bonchev–Trinajstić information content (AvgIpc) is 2.52. The van der Waals surface area contributed by atoms with Gasteiger partial charge in [0.05, 0.1) is 5.69 Å². The van der Waals surface area contributed by atoms with Crippen LogP contribution in [0.1, 0.15) is 9.67 Å². The van der Waals surface area contributed by atoms with Crippen molar-refractivity contribution < 1.29 is 4.79 Å². The normalized spacial score (nSPS) is 15.2. The SMILES string of the molecule is O=C1NCCNc2c1sc1ccc(Cl)cc21. The Morgan fingerprint density at radius 1 is 1.25 bits per heavy atom. The molecule has 0 atom stereocenters. The van der Waals surface area contributed by atoms with Gasteiger partial charge in [0.1, 0.15) is 4.88 Å². The molecule has 16 heavy (non-hydrogen) atoms. The lowest BCUT2D eigenvalue weighted by Crippen LogP contribution is -2.24. The van der Waals surface area contributed by atoms with Crippen LogP contribution < -0.4 is 10.6 Å². The molecule has 0 unspecified atom stereocenters. The van der Waals surface area contributed by atoms with E-state index >= 15 is 0 Å². The summed E-state index contributed by atoms with van der Waals surface area (Å²) in [4.78, 5) is 12.5. The Balaban J connectivity index is 2.30. The number of amides is 1. The van der Waals surface area contributed by atoms with Gasteiger partial charge in [-0.15, -0.1) is 11.3 Å². The number of carbonyl (C=O) groups is 1. The summed E-state index contributed by atoms with van der Waals surface area (Å²) < 4.78 is 1.08. The molecule has 0 saturated carbocycles. The molecular weight excluding hydrogens is 244 g/mol. The maximum Gasteiger partial charge on any atom is 0.263 e. The Labute approximate surface area is 101 Å². The largest absolute Gasteiger partial charge is 0.381 e. The Morgan fingerprint density at radius 2 is 2.06 bits per heavy atom. The van der Waals surface area contributed by atoms with Crippen LogP contribution in [0.5, 0.6) is 0 Å². The average molecular weight is 253 g/mol. The molecule has 1 aliphatic rings. The summed E-state index contributed by atoms with van der Waals surface area (Å²) in [5.74, 6) is -0.00248. The molecule has 0 saturated heterocycles. The van der Waals surface area contributed by atoms with E-state index in [2.05, 4.69) is 10.6 Å². The molecule has 1 aromatic carbocycles. The molecule has 82 valence electrons. The van der Waals surface area contributed by atoms with Crippen LogP contribution in [0, 0.1) is 0 Å². The smallest absolute Gasteiger partial charge is 0.263 e. The minimum absolute atomic E-state index is 0.00248. The second-order valence-electron chi connectivity index (χ2n) is 3.63. The molecule has 1 aromatic heterocycles. The summed E-state index contributed by atoms with van der Waals surface area (Å²) in [6.07, 6.45) is 0. The molecule has 3 nitrogen and oxygen atoms in total. The summed E-state index contributed by atoms with van der Waals surface area (Å²) in [6.45, 7) is 1.40. The third-order valence-electron chi connectivity index (χ3n) is 2.57. The number of halogens is 1. The van der Waals surface area contributed by atoms with Crippen molar-refractivity contribution in [3.05, 3.63) is 28.1 Å². The predicted octanol–water partition coefficient (Wildman–Crippen LogP) is 2.71. The van der Waals surface area contributed by atoms with Crippen LogP contribution in [0.2, 0.25) is 5.02 Å². The lowest BCUT2D eigenvalue weighted by Gasteiger charge is -2.01. The third-order valence-corrected chi connectivity index (χ3v) is 3.97. The standard InChI is InChI=1S/C11H9ClN2OS/c12-6-1-2-8-7(5-6)9-10(16-8)11(15)14-4-3-13-9/h1-2,5,13H,3-4H2,(H,14,15). The number of anilines is 1. The highest BCUT2D eigenvalue weighted by atomic mass is 35.5. The first-order chi connectivity index (χ1) is 7.75. The van der Waals surface area contributed by atoms with Crippen molar-refractivity contribution in [2.45, 2.75) is 0 Å². The zero-order chi connectivity index (χ0) is 11.1. The maximum absolute atomic E-state index is 11.8. The minimum Gasteiger partial charge on any atom is -0.381 e. The second-order valence-corrected chi connectivity index (χ2v) is 5.12. The van der Waals surface area contributed by atoms with Crippen molar-refractivity contribution in [2.75, 3.05) is 18.4 Å². The third kappa shape index (κ3) is 1.45. The van der Waals surface area contributed by atoms with Gasteiger partial charge >= 0.3 is 0 Å². The van der Waals surface area contributed by atoms with Crippen LogP contribution >= 0.6 is 22.9 Å². The molecule has 2 heterocycles. The van der Waals surface area contributed by atoms with Crippen LogP contribution in [0.4, 0.5) is 5.69 Å². The van der Waals surface area contributed by atoms with Gasteiger partial charge in [-0.1, -0.05) is 11.6 Å². The fraction of sp³-hybridized carbons (Fsp3) is 0.182. The molecular formula is C11H9ClN2OS. The number of benzene rings is 1. The number of thiophene rings is 1. The number of hydrogen-bond acceptors (Lipinski definition) is 3. The van der Waals surface area contributed by atoms with Gasteiger partial charge in [-0.3, -0.25) is 4.79 Å². The molecule has 0 radical (unpaired) electrons. The van der Waals surface area contributed by atoms with E-state index in [1.807, 2.05) is 18.2 Å². The van der Waals surface area contributed by atoms with E-state index in [1.54, 1.807) is 0 Å². The molecule has 2 N–H and O–H groups in total. The van der Waals surface area contributed by atoms with Crippen LogP contribution in [-0.2, 0) is 0 Å². The highest BCUT2D eigenvalue weighted by Crippen LogP contribution is 2.37. The van der Waals surface area contributed by atoms with Crippen LogP contribution in [-0.4, -0.2) is 19.0 Å². The van der Waals surface area contributed by atoms with Crippen molar-refractivity contribution in [3.8, 4) is 0 Å². The van der Waals surface area contributed by atoms with E-state index in [-0.39, 0.29) is 5.91 Å². The number of hydrogen-bond donors (Lipinski definition) is 2. The van der Waals surface area contributed by atoms with Gasteiger partial charge in [-0.25, -0.2) is 0 Å². The molecule has 3 rings (SSSR count). The molecule has 0 fully saturated rings. The first-order valence-corrected chi connectivity index (χ1v) is 6.19. The predicted molar refractivity (Wildman–Crippen MR) is 67.7 cm³/mol. The summed E-state index contributed by atoms with van der Waals surface area (Å²) in [6, 6.07) is 5.70. The quantitative estimate of drug-likeness (QED) is 0.757. The van der Waals surface area contributed by atoms with Crippen molar-refractivity contribution in [1.29, 1.82) is 0 Å². The molecule has 0 aliphatic carbocycles. The van der Waals surface area contributed by atoms with Gasteiger partial charge in [0.25, 0.3) is 5.91 Å². The molecule has 1 amide bonds. The Hall–Kier alpha value is -1.26. The first kappa shape index (κ1) is 9.93. The topological polar surface area (TPSA) is 41.1 Å². The summed E-state index contributed by atoms with van der Waals surface area (Å²) in [7, 11) is 0. The fourth-order valence-electron chi connectivity index (χ4n) is 1.85. The van der Waals surface area contributed by atoms with Gasteiger partial charge in [0, 0.05) is 28.2 Å². The number of carbonyl (C=O) groups excluding carboxylic acids is 1. The number of fused-ring (bicyclic) bond motifs is 3. The first-order valence-electron chi connectivity index (χ1n) is 5.00. The summed E-state index contributed by atoms with van der Waals surface area (Å²) >= 11 is 7.47. The molecule has 1 aliphatic heterocycles. The lowest BCUT2D eigenvalue weighted by atomic mass is 10.2. The highest BCUT2D eigenvalue weighted by Gasteiger charge is 2.20. The zero-order valence-electron chi connectivity index (χ0n) is 8.34. The second kappa shape index (κ2) is 3.64. The van der Waals surface area contributed by atoms with Crippen LogP contribution in [0.15, 0.2) is 18.2 Å². The van der Waals surface area contributed by atoms with Gasteiger partial charge in [0.2, 0.25) is 0 Å². The van der Waals surface area contributed by atoms with Gasteiger partial charge in [-0.2, -0.15) is 0 Å². The summed E-state index contributed by atoms with van der Waals surface area (Å²) in [5.41, 5.74) is 0.914. The monoisotopic (exact) mass is 252 g/mol. The van der Waals surface area contributed by atoms with E-state index in [0.29, 0.717) is 11.6 Å². The van der Waals surface area contributed by atoms with E-state index in [4.69, 9.17) is 11.6 Å². The van der Waals surface area contributed by atoms with Crippen molar-refractivity contribution in [1.82, 2.24) is 5.32 Å². The van der Waals surface area contributed by atoms with Gasteiger partial charge in [-0.05, 0) is 18.2 Å². The fourth-order valence-corrected chi connectivity index (χ4v) is 3.10. The molecule has 0 bridgehead atoms. The van der Waals surface area contributed by atoms with E-state index in [0.717, 1.165) is 27.2 Å². The Kier molecular flexibility index (Phi) is 2.26. The highest BCUT2D eigenvalue weighted by molar-refractivity contribution is 7.21. The van der Waals surface area contributed by atoms with Gasteiger partial charge in [0.15, 0.2) is 0 Å². The molecule has 2 aromatic rings. The number of nitrogens with one attached hydrogen (secondary N) is 2. The zero-order valence-corrected chi connectivity index (χ0v) is 9.91. The van der Waals surface area contributed by atoms with Crippen molar-refractivity contribution >= 4 is 44.6 Å². The van der Waals surface area contributed by atoms with Crippen LogP contribution in [0.25, 0.3) is 10.1 Å². The molecule has 5 heteroatoms. The molecule has 0 spiro atoms. The summed E-state index contributed by atoms with van der Waals surface area (Å²) in [5, 5.41) is 7.85. The maximum atomic E-state index is 11.8. The van der Waals surface area contributed by atoms with Crippen molar-refractivity contribution in [3.63, 3.8) is 0 Å².